The van der Waals surface area contributed by atoms with Crippen molar-refractivity contribution in [2.45, 2.75) is 33.1 Å². The van der Waals surface area contributed by atoms with Crippen LogP contribution < -0.4 is 5.32 Å². The molecule has 1 nitrogen and oxygen atoms in total. The van der Waals surface area contributed by atoms with Crippen molar-refractivity contribution in [2.75, 3.05) is 13.6 Å². The van der Waals surface area contributed by atoms with Crippen LogP contribution >= 0.6 is 0 Å². The number of benzene rings is 1. The van der Waals surface area contributed by atoms with Gasteiger partial charge in [-0.1, -0.05) is 26.3 Å². The molecule has 0 amide bonds. The van der Waals surface area contributed by atoms with Crippen LogP contribution in [0.3, 0.4) is 0 Å². The Morgan fingerprint density at radius 3 is 2.29 bits per heavy atom. The van der Waals surface area contributed by atoms with Gasteiger partial charge >= 0.3 is 0 Å². The van der Waals surface area contributed by atoms with Gasteiger partial charge in [0.05, 0.1) is 0 Å². The molecule has 1 unspecified atom stereocenters. The second-order valence-corrected chi connectivity index (χ2v) is 4.97. The molecule has 0 aliphatic rings. The minimum atomic E-state index is -0.441. The lowest BCUT2D eigenvalue weighted by molar-refractivity contribution is 0.275. The molecule has 0 spiro atoms. The van der Waals surface area contributed by atoms with Crippen molar-refractivity contribution in [3.8, 4) is 0 Å². The van der Waals surface area contributed by atoms with Gasteiger partial charge in [0.25, 0.3) is 0 Å². The summed E-state index contributed by atoms with van der Waals surface area (Å²) in [5, 5.41) is 3.11. The van der Waals surface area contributed by atoms with Gasteiger partial charge in [0.2, 0.25) is 0 Å². The first kappa shape index (κ1) is 14.1. The number of halogens is 2. The van der Waals surface area contributed by atoms with Gasteiger partial charge < -0.3 is 5.32 Å². The Balaban J connectivity index is 2.93. The van der Waals surface area contributed by atoms with Crippen LogP contribution in [0.1, 0.15) is 32.3 Å². The fourth-order valence-corrected chi connectivity index (χ4v) is 2.40. The second kappa shape index (κ2) is 6.10. The molecule has 96 valence electrons. The van der Waals surface area contributed by atoms with Crippen LogP contribution in [0, 0.1) is 17.0 Å². The lowest BCUT2D eigenvalue weighted by atomic mass is 9.79. The largest absolute Gasteiger partial charge is 0.319 e. The third-order valence-corrected chi connectivity index (χ3v) is 3.12. The molecule has 1 atom stereocenters. The number of hydrogen-bond donors (Lipinski definition) is 1. The molecule has 0 saturated heterocycles. The van der Waals surface area contributed by atoms with Gasteiger partial charge in [-0.25, -0.2) is 8.78 Å². The molecule has 0 radical (unpaired) electrons. The highest BCUT2D eigenvalue weighted by Gasteiger charge is 2.26. The van der Waals surface area contributed by atoms with Crippen LogP contribution in [0.4, 0.5) is 8.78 Å². The molecule has 0 saturated carbocycles. The molecule has 1 aromatic rings. The van der Waals surface area contributed by atoms with Gasteiger partial charge in [0, 0.05) is 12.1 Å². The Bertz CT molecular complexity index is 337. The summed E-state index contributed by atoms with van der Waals surface area (Å²) in [5.41, 5.74) is 0.103. The number of hydrogen-bond acceptors (Lipinski definition) is 1. The minimum Gasteiger partial charge on any atom is -0.319 e. The molecule has 0 aliphatic heterocycles. The summed E-state index contributed by atoms with van der Waals surface area (Å²) >= 11 is 0. The standard InChI is InChI=1S/C14H21F2N/c1-4-8-14(2,10-17-3)9-11-12(15)6-5-7-13(11)16/h5-7,17H,4,8-10H2,1-3H3. The maximum absolute atomic E-state index is 13.6. The average molecular weight is 241 g/mol. The molecule has 0 aromatic heterocycles. The van der Waals surface area contributed by atoms with Crippen LogP contribution in [0.25, 0.3) is 0 Å². The first-order valence-electron chi connectivity index (χ1n) is 6.10. The zero-order valence-corrected chi connectivity index (χ0v) is 10.8. The molecule has 0 heterocycles. The van der Waals surface area contributed by atoms with E-state index >= 15 is 0 Å². The van der Waals surface area contributed by atoms with Crippen molar-refractivity contribution in [3.63, 3.8) is 0 Å². The summed E-state index contributed by atoms with van der Waals surface area (Å²) in [7, 11) is 1.87. The van der Waals surface area contributed by atoms with Gasteiger partial charge in [0.15, 0.2) is 0 Å². The van der Waals surface area contributed by atoms with Crippen molar-refractivity contribution in [2.24, 2.45) is 5.41 Å². The number of nitrogens with one attached hydrogen (secondary N) is 1. The Labute approximate surface area is 102 Å². The van der Waals surface area contributed by atoms with Gasteiger partial charge in [0.1, 0.15) is 11.6 Å². The highest BCUT2D eigenvalue weighted by molar-refractivity contribution is 5.21. The summed E-state index contributed by atoms with van der Waals surface area (Å²) < 4.78 is 27.2. The van der Waals surface area contributed by atoms with Crippen molar-refractivity contribution in [1.29, 1.82) is 0 Å². The lowest BCUT2D eigenvalue weighted by Gasteiger charge is -2.29. The predicted octanol–water partition coefficient (Wildman–Crippen LogP) is 3.53. The van der Waals surface area contributed by atoms with E-state index in [1.54, 1.807) is 0 Å². The van der Waals surface area contributed by atoms with Crippen molar-refractivity contribution in [3.05, 3.63) is 35.4 Å². The van der Waals surface area contributed by atoms with E-state index in [2.05, 4.69) is 19.2 Å². The van der Waals surface area contributed by atoms with E-state index in [1.165, 1.54) is 18.2 Å². The molecule has 17 heavy (non-hydrogen) atoms. The smallest absolute Gasteiger partial charge is 0.129 e. The fourth-order valence-electron chi connectivity index (χ4n) is 2.40. The molecular formula is C14H21F2N. The second-order valence-electron chi connectivity index (χ2n) is 4.97. The van der Waals surface area contributed by atoms with Crippen molar-refractivity contribution < 1.29 is 8.78 Å². The van der Waals surface area contributed by atoms with Crippen molar-refractivity contribution in [1.82, 2.24) is 5.32 Å². The van der Waals surface area contributed by atoms with Crippen LogP contribution in [0.2, 0.25) is 0 Å². The maximum Gasteiger partial charge on any atom is 0.129 e. The fraction of sp³-hybridized carbons (Fsp3) is 0.571. The Morgan fingerprint density at radius 2 is 1.82 bits per heavy atom. The molecule has 1 N–H and O–H groups in total. The van der Waals surface area contributed by atoms with E-state index < -0.39 is 11.6 Å². The van der Waals surface area contributed by atoms with Gasteiger partial charge in [-0.3, -0.25) is 0 Å². The zero-order chi connectivity index (χ0) is 12.9. The van der Waals surface area contributed by atoms with E-state index in [9.17, 15) is 8.78 Å². The molecule has 0 fully saturated rings. The normalized spacial score (nSPS) is 14.6. The van der Waals surface area contributed by atoms with Gasteiger partial charge in [-0.15, -0.1) is 0 Å². The third kappa shape index (κ3) is 3.77. The summed E-state index contributed by atoms with van der Waals surface area (Å²) in [6.07, 6.45) is 2.38. The molecule has 0 aliphatic carbocycles. The lowest BCUT2D eigenvalue weighted by Crippen LogP contribution is -2.32. The van der Waals surface area contributed by atoms with Gasteiger partial charge in [-0.05, 0) is 37.4 Å². The summed E-state index contributed by atoms with van der Waals surface area (Å²) in [6.45, 7) is 4.92. The van der Waals surface area contributed by atoms with Crippen LogP contribution in [0.15, 0.2) is 18.2 Å². The van der Waals surface area contributed by atoms with Crippen LogP contribution in [-0.2, 0) is 6.42 Å². The summed E-state index contributed by atoms with van der Waals surface area (Å²) in [4.78, 5) is 0. The summed E-state index contributed by atoms with van der Waals surface area (Å²) in [6, 6.07) is 4.05. The van der Waals surface area contributed by atoms with E-state index in [4.69, 9.17) is 0 Å². The predicted molar refractivity (Wildman–Crippen MR) is 67.0 cm³/mol. The monoisotopic (exact) mass is 241 g/mol. The van der Waals surface area contributed by atoms with E-state index in [0.29, 0.717) is 6.42 Å². The SMILES string of the molecule is CCCC(C)(CNC)Cc1c(F)cccc1F. The first-order chi connectivity index (χ1) is 8.02. The number of rotatable bonds is 6. The Hall–Kier alpha value is -0.960. The van der Waals surface area contributed by atoms with E-state index in [1.807, 2.05) is 7.05 Å². The summed E-state index contributed by atoms with van der Waals surface area (Å²) in [5.74, 6) is -0.883. The highest BCUT2D eigenvalue weighted by Crippen LogP contribution is 2.29. The maximum atomic E-state index is 13.6. The molecule has 1 aromatic carbocycles. The molecule has 3 heteroatoms. The van der Waals surface area contributed by atoms with Crippen LogP contribution in [-0.4, -0.2) is 13.6 Å². The molecular weight excluding hydrogens is 220 g/mol. The molecule has 0 bridgehead atoms. The van der Waals surface area contributed by atoms with E-state index in [-0.39, 0.29) is 11.0 Å². The quantitative estimate of drug-likeness (QED) is 0.803. The van der Waals surface area contributed by atoms with Crippen molar-refractivity contribution >= 4 is 0 Å². The average Bonchev–Trinajstić information content (AvgIpc) is 2.24. The highest BCUT2D eigenvalue weighted by atomic mass is 19.1. The van der Waals surface area contributed by atoms with E-state index in [0.717, 1.165) is 19.4 Å². The van der Waals surface area contributed by atoms with Crippen LogP contribution in [0.5, 0.6) is 0 Å². The third-order valence-electron chi connectivity index (χ3n) is 3.12. The Kier molecular flexibility index (Phi) is 5.06. The van der Waals surface area contributed by atoms with Gasteiger partial charge in [-0.2, -0.15) is 0 Å². The molecule has 1 rings (SSSR count). The first-order valence-corrected chi connectivity index (χ1v) is 6.10. The Morgan fingerprint density at radius 1 is 1.24 bits per heavy atom. The topological polar surface area (TPSA) is 12.0 Å². The zero-order valence-electron chi connectivity index (χ0n) is 10.8. The minimum absolute atomic E-state index is 0.105.